The van der Waals surface area contributed by atoms with Crippen molar-refractivity contribution >= 4 is 21.8 Å². The van der Waals surface area contributed by atoms with E-state index in [0.717, 1.165) is 25.9 Å². The van der Waals surface area contributed by atoms with Gasteiger partial charge in [0.25, 0.3) is 5.91 Å². The van der Waals surface area contributed by atoms with Crippen LogP contribution in [0.1, 0.15) is 36.0 Å². The molecule has 2 aliphatic rings. The summed E-state index contributed by atoms with van der Waals surface area (Å²) in [5, 5.41) is 0. The van der Waals surface area contributed by atoms with Crippen LogP contribution < -0.4 is 0 Å². The summed E-state index contributed by atoms with van der Waals surface area (Å²) in [5.74, 6) is -0.324. The molecule has 21 heavy (non-hydrogen) atoms. The zero-order valence-electron chi connectivity index (χ0n) is 12.0. The fraction of sp³-hybridized carbons (Fsp3) is 0.562. The Hall–Kier alpha value is -0.940. The Kier molecular flexibility index (Phi) is 4.60. The number of nitrogens with zero attached hydrogens (tertiary/aromatic N) is 2. The number of likely N-dealkylation sites (tertiary alicyclic amines) is 2. The first-order valence-electron chi connectivity index (χ1n) is 7.63. The lowest BCUT2D eigenvalue weighted by Gasteiger charge is -2.36. The minimum atomic E-state index is -0.334. The van der Waals surface area contributed by atoms with E-state index >= 15 is 0 Å². The third kappa shape index (κ3) is 3.29. The second-order valence-electron chi connectivity index (χ2n) is 5.90. The SMILES string of the molecule is O=C(c1ccc(F)c(Br)c1)N1CCC(N2CCCC2)CC1. The van der Waals surface area contributed by atoms with Gasteiger partial charge in [0.15, 0.2) is 0 Å². The Bertz CT molecular complexity index is 523. The maximum Gasteiger partial charge on any atom is 0.253 e. The van der Waals surface area contributed by atoms with Gasteiger partial charge in [0, 0.05) is 24.7 Å². The minimum Gasteiger partial charge on any atom is -0.339 e. The number of carbonyl (C=O) groups excluding carboxylic acids is 1. The molecular weight excluding hydrogens is 335 g/mol. The monoisotopic (exact) mass is 354 g/mol. The van der Waals surface area contributed by atoms with Crippen molar-refractivity contribution in [1.82, 2.24) is 9.80 Å². The molecule has 1 aromatic carbocycles. The van der Waals surface area contributed by atoms with Gasteiger partial charge in [0.1, 0.15) is 5.82 Å². The molecule has 0 atom stereocenters. The highest BCUT2D eigenvalue weighted by atomic mass is 79.9. The molecular formula is C16H20BrFN2O. The van der Waals surface area contributed by atoms with Crippen molar-refractivity contribution in [2.75, 3.05) is 26.2 Å². The van der Waals surface area contributed by atoms with Crippen LogP contribution in [0.2, 0.25) is 0 Å². The molecule has 1 amide bonds. The summed E-state index contributed by atoms with van der Waals surface area (Å²) >= 11 is 3.14. The molecule has 0 radical (unpaired) electrons. The number of hydrogen-bond donors (Lipinski definition) is 0. The molecule has 3 rings (SSSR count). The van der Waals surface area contributed by atoms with Crippen LogP contribution in [0, 0.1) is 5.82 Å². The first-order chi connectivity index (χ1) is 10.1. The van der Waals surface area contributed by atoms with Gasteiger partial charge < -0.3 is 9.80 Å². The summed E-state index contributed by atoms with van der Waals surface area (Å²) in [6, 6.07) is 5.12. The van der Waals surface area contributed by atoms with Crippen LogP contribution in [0.25, 0.3) is 0 Å². The topological polar surface area (TPSA) is 23.6 Å². The second-order valence-corrected chi connectivity index (χ2v) is 6.75. The molecule has 0 unspecified atom stereocenters. The number of rotatable bonds is 2. The molecule has 0 spiro atoms. The van der Waals surface area contributed by atoms with Crippen LogP contribution in [0.3, 0.4) is 0 Å². The predicted octanol–water partition coefficient (Wildman–Crippen LogP) is 3.29. The van der Waals surface area contributed by atoms with E-state index in [-0.39, 0.29) is 11.7 Å². The third-order valence-corrected chi connectivity index (χ3v) is 5.18. The molecule has 2 aliphatic heterocycles. The summed E-state index contributed by atoms with van der Waals surface area (Å²) in [4.78, 5) is 16.9. The maximum atomic E-state index is 13.3. The molecule has 0 bridgehead atoms. The van der Waals surface area contributed by atoms with Gasteiger partial charge >= 0.3 is 0 Å². The van der Waals surface area contributed by atoms with Crippen molar-refractivity contribution in [1.29, 1.82) is 0 Å². The standard InChI is InChI=1S/C16H20BrFN2O/c17-14-11-12(3-4-15(14)18)16(21)20-9-5-13(6-10-20)19-7-1-2-8-19/h3-4,11,13H,1-2,5-10H2. The Morgan fingerprint density at radius 3 is 2.43 bits per heavy atom. The summed E-state index contributed by atoms with van der Waals surface area (Å²) < 4.78 is 13.6. The van der Waals surface area contributed by atoms with Crippen molar-refractivity contribution in [2.45, 2.75) is 31.7 Å². The predicted molar refractivity (Wildman–Crippen MR) is 83.8 cm³/mol. The van der Waals surface area contributed by atoms with Crippen molar-refractivity contribution < 1.29 is 9.18 Å². The van der Waals surface area contributed by atoms with Gasteiger partial charge in [-0.1, -0.05) is 0 Å². The van der Waals surface area contributed by atoms with Crippen molar-refractivity contribution in [3.8, 4) is 0 Å². The van der Waals surface area contributed by atoms with Crippen molar-refractivity contribution in [3.05, 3.63) is 34.1 Å². The Morgan fingerprint density at radius 2 is 1.81 bits per heavy atom. The maximum absolute atomic E-state index is 13.3. The van der Waals surface area contributed by atoms with E-state index in [9.17, 15) is 9.18 Å². The lowest BCUT2D eigenvalue weighted by atomic mass is 10.0. The number of piperidine rings is 1. The average molecular weight is 355 g/mol. The Balaban J connectivity index is 1.60. The van der Waals surface area contributed by atoms with Gasteiger partial charge in [-0.25, -0.2) is 4.39 Å². The highest BCUT2D eigenvalue weighted by Crippen LogP contribution is 2.23. The van der Waals surface area contributed by atoms with Gasteiger partial charge in [-0.3, -0.25) is 4.79 Å². The summed E-state index contributed by atoms with van der Waals surface area (Å²) in [7, 11) is 0. The summed E-state index contributed by atoms with van der Waals surface area (Å²) in [6.45, 7) is 4.02. The number of carbonyl (C=O) groups is 1. The van der Waals surface area contributed by atoms with Gasteiger partial charge in [-0.05, 0) is 72.9 Å². The van der Waals surface area contributed by atoms with Crippen LogP contribution in [-0.4, -0.2) is 47.9 Å². The molecule has 2 heterocycles. The number of amides is 1. The van der Waals surface area contributed by atoms with Crippen LogP contribution >= 0.6 is 15.9 Å². The Morgan fingerprint density at radius 1 is 1.14 bits per heavy atom. The molecule has 3 nitrogen and oxygen atoms in total. The molecule has 2 fully saturated rings. The molecule has 1 aromatic rings. The molecule has 0 aliphatic carbocycles. The number of benzene rings is 1. The first kappa shape index (κ1) is 15.0. The smallest absolute Gasteiger partial charge is 0.253 e. The van der Waals surface area contributed by atoms with Gasteiger partial charge in [0.2, 0.25) is 0 Å². The van der Waals surface area contributed by atoms with E-state index in [1.807, 2.05) is 4.90 Å². The van der Waals surface area contributed by atoms with Crippen LogP contribution in [0.5, 0.6) is 0 Å². The summed E-state index contributed by atoms with van der Waals surface area (Å²) in [6.07, 6.45) is 4.72. The third-order valence-electron chi connectivity index (χ3n) is 4.58. The molecule has 0 N–H and O–H groups in total. The molecule has 2 saturated heterocycles. The fourth-order valence-electron chi connectivity index (χ4n) is 3.35. The van der Waals surface area contributed by atoms with E-state index in [4.69, 9.17) is 0 Å². The highest BCUT2D eigenvalue weighted by Gasteiger charge is 2.28. The van der Waals surface area contributed by atoms with Crippen LogP contribution in [0.15, 0.2) is 22.7 Å². The van der Waals surface area contributed by atoms with Crippen LogP contribution in [-0.2, 0) is 0 Å². The lowest BCUT2D eigenvalue weighted by molar-refractivity contribution is 0.0644. The highest BCUT2D eigenvalue weighted by molar-refractivity contribution is 9.10. The lowest BCUT2D eigenvalue weighted by Crippen LogP contribution is -2.45. The zero-order chi connectivity index (χ0) is 14.8. The minimum absolute atomic E-state index is 0.00979. The van der Waals surface area contributed by atoms with E-state index in [2.05, 4.69) is 20.8 Å². The quantitative estimate of drug-likeness (QED) is 0.813. The van der Waals surface area contributed by atoms with Gasteiger partial charge in [-0.15, -0.1) is 0 Å². The second kappa shape index (κ2) is 6.44. The number of hydrogen-bond acceptors (Lipinski definition) is 2. The van der Waals surface area contributed by atoms with Gasteiger partial charge in [-0.2, -0.15) is 0 Å². The first-order valence-corrected chi connectivity index (χ1v) is 8.43. The molecule has 0 saturated carbocycles. The normalized spacial score (nSPS) is 21.0. The van der Waals surface area contributed by atoms with E-state index < -0.39 is 0 Å². The van der Waals surface area contributed by atoms with Crippen LogP contribution in [0.4, 0.5) is 4.39 Å². The van der Waals surface area contributed by atoms with Gasteiger partial charge in [0.05, 0.1) is 4.47 Å². The largest absolute Gasteiger partial charge is 0.339 e. The average Bonchev–Trinajstić information content (AvgIpc) is 3.04. The van der Waals surface area contributed by atoms with E-state index in [1.165, 1.54) is 32.0 Å². The van der Waals surface area contributed by atoms with Crippen molar-refractivity contribution in [3.63, 3.8) is 0 Å². The molecule has 114 valence electrons. The van der Waals surface area contributed by atoms with E-state index in [0.29, 0.717) is 16.1 Å². The zero-order valence-corrected chi connectivity index (χ0v) is 13.6. The Labute approximate surface area is 133 Å². The molecule has 5 heteroatoms. The van der Waals surface area contributed by atoms with Crippen molar-refractivity contribution in [2.24, 2.45) is 0 Å². The summed E-state index contributed by atoms with van der Waals surface area (Å²) in [5.41, 5.74) is 0.558. The fourth-order valence-corrected chi connectivity index (χ4v) is 3.73. The number of halogens is 2. The van der Waals surface area contributed by atoms with E-state index in [1.54, 1.807) is 12.1 Å². The molecule has 0 aromatic heterocycles.